The summed E-state index contributed by atoms with van der Waals surface area (Å²) in [5.41, 5.74) is 2.36. The Hall–Kier alpha value is -2.57. The first-order chi connectivity index (χ1) is 15.2. The van der Waals surface area contributed by atoms with Crippen molar-refractivity contribution in [2.75, 3.05) is 40.0 Å². The highest BCUT2D eigenvalue weighted by Crippen LogP contribution is 2.15. The second kappa shape index (κ2) is 13.0. The van der Waals surface area contributed by atoms with Crippen molar-refractivity contribution in [3.63, 3.8) is 0 Å². The molecule has 2 aromatic rings. The minimum absolute atomic E-state index is 0.600. The molecule has 0 radical (unpaired) electrons. The quantitative estimate of drug-likeness (QED) is 0.452. The van der Waals surface area contributed by atoms with Gasteiger partial charge < -0.3 is 20.1 Å². The summed E-state index contributed by atoms with van der Waals surface area (Å²) in [5.74, 6) is 1.71. The molecular formula is C25H36N4O2. The summed E-state index contributed by atoms with van der Waals surface area (Å²) in [4.78, 5) is 7.12. The molecule has 1 fully saturated rings. The van der Waals surface area contributed by atoms with Gasteiger partial charge in [0.2, 0.25) is 0 Å². The Morgan fingerprint density at radius 3 is 2.61 bits per heavy atom. The van der Waals surface area contributed by atoms with E-state index < -0.39 is 0 Å². The highest BCUT2D eigenvalue weighted by Gasteiger charge is 2.17. The number of nitrogens with zero attached hydrogens (tertiary/aromatic N) is 2. The molecule has 0 aromatic heterocycles. The molecule has 1 aliphatic rings. The first-order valence-corrected chi connectivity index (χ1v) is 11.3. The lowest BCUT2D eigenvalue weighted by molar-refractivity contribution is 0.0392. The number of rotatable bonds is 10. The van der Waals surface area contributed by atoms with Crippen LogP contribution in [0.1, 0.15) is 30.9 Å². The molecule has 1 aliphatic heterocycles. The van der Waals surface area contributed by atoms with Gasteiger partial charge in [0.05, 0.1) is 6.54 Å². The standard InChI is InChI=1S/C25H36N4O2/c1-3-26-25(27-19-21-8-5-4-6-9-21)28-20-22-10-7-11-24(18-22)31-17-14-29(2)23-12-15-30-16-13-23/h4-11,18,23H,3,12-17,19-20H2,1-2H3,(H2,26,27,28). The molecule has 0 saturated carbocycles. The maximum Gasteiger partial charge on any atom is 0.191 e. The number of guanidine groups is 1. The minimum atomic E-state index is 0.600. The molecule has 168 valence electrons. The zero-order chi connectivity index (χ0) is 21.7. The largest absolute Gasteiger partial charge is 0.492 e. The monoisotopic (exact) mass is 424 g/mol. The van der Waals surface area contributed by atoms with E-state index in [2.05, 4.69) is 53.8 Å². The molecule has 0 aliphatic carbocycles. The van der Waals surface area contributed by atoms with E-state index in [1.807, 2.05) is 30.3 Å². The molecular weight excluding hydrogens is 388 g/mol. The summed E-state index contributed by atoms with van der Waals surface area (Å²) < 4.78 is 11.5. The van der Waals surface area contributed by atoms with Crippen LogP contribution >= 0.6 is 0 Å². The van der Waals surface area contributed by atoms with Gasteiger partial charge in [0.25, 0.3) is 0 Å². The van der Waals surface area contributed by atoms with E-state index in [-0.39, 0.29) is 0 Å². The van der Waals surface area contributed by atoms with Gasteiger partial charge in [-0.25, -0.2) is 4.99 Å². The number of hydrogen-bond donors (Lipinski definition) is 2. The predicted octanol–water partition coefficient (Wildman–Crippen LogP) is 3.43. The SMILES string of the molecule is CCNC(=NCc1cccc(OCCN(C)C2CCOCC2)c1)NCc1ccccc1. The number of nitrogens with one attached hydrogen (secondary N) is 2. The Balaban J connectivity index is 1.47. The van der Waals surface area contributed by atoms with Crippen molar-refractivity contribution in [3.05, 3.63) is 65.7 Å². The van der Waals surface area contributed by atoms with Gasteiger partial charge in [0.15, 0.2) is 5.96 Å². The van der Waals surface area contributed by atoms with E-state index in [0.717, 1.165) is 63.0 Å². The van der Waals surface area contributed by atoms with Crippen LogP contribution in [0, 0.1) is 0 Å². The molecule has 0 bridgehead atoms. The van der Waals surface area contributed by atoms with Crippen molar-refractivity contribution >= 4 is 5.96 Å². The Morgan fingerprint density at radius 2 is 1.84 bits per heavy atom. The highest BCUT2D eigenvalue weighted by atomic mass is 16.5. The first kappa shape index (κ1) is 23.1. The van der Waals surface area contributed by atoms with E-state index in [1.54, 1.807) is 0 Å². The average molecular weight is 425 g/mol. The Labute approximate surface area is 186 Å². The summed E-state index contributed by atoms with van der Waals surface area (Å²) in [5, 5.41) is 6.70. The van der Waals surface area contributed by atoms with Crippen molar-refractivity contribution in [2.24, 2.45) is 4.99 Å². The third-order valence-electron chi connectivity index (χ3n) is 5.49. The number of aliphatic imine (C=N–C) groups is 1. The van der Waals surface area contributed by atoms with Gasteiger partial charge in [0.1, 0.15) is 12.4 Å². The average Bonchev–Trinajstić information content (AvgIpc) is 2.82. The minimum Gasteiger partial charge on any atom is -0.492 e. The molecule has 0 atom stereocenters. The molecule has 31 heavy (non-hydrogen) atoms. The van der Waals surface area contributed by atoms with Crippen LogP contribution in [0.4, 0.5) is 0 Å². The Kier molecular flexibility index (Phi) is 9.67. The molecule has 1 heterocycles. The molecule has 6 heteroatoms. The fraction of sp³-hybridized carbons (Fsp3) is 0.480. The Bertz CT molecular complexity index is 791. The van der Waals surface area contributed by atoms with Crippen molar-refractivity contribution < 1.29 is 9.47 Å². The third kappa shape index (κ3) is 8.23. The van der Waals surface area contributed by atoms with Crippen LogP contribution < -0.4 is 15.4 Å². The molecule has 0 amide bonds. The molecule has 3 rings (SSSR count). The van der Waals surface area contributed by atoms with Gasteiger partial charge in [-0.3, -0.25) is 4.90 Å². The van der Waals surface area contributed by atoms with Gasteiger partial charge in [-0.05, 0) is 50.1 Å². The summed E-state index contributed by atoms with van der Waals surface area (Å²) in [6.45, 7) is 7.58. The van der Waals surface area contributed by atoms with Crippen molar-refractivity contribution in [1.29, 1.82) is 0 Å². The second-order valence-corrected chi connectivity index (χ2v) is 7.85. The molecule has 0 unspecified atom stereocenters. The van der Waals surface area contributed by atoms with Crippen molar-refractivity contribution in [1.82, 2.24) is 15.5 Å². The van der Waals surface area contributed by atoms with Crippen molar-refractivity contribution in [2.45, 2.75) is 38.9 Å². The van der Waals surface area contributed by atoms with Gasteiger partial charge in [-0.15, -0.1) is 0 Å². The lowest BCUT2D eigenvalue weighted by atomic mass is 10.1. The second-order valence-electron chi connectivity index (χ2n) is 7.85. The molecule has 1 saturated heterocycles. The maximum atomic E-state index is 6.02. The van der Waals surface area contributed by atoms with E-state index in [1.165, 1.54) is 5.56 Å². The molecule has 0 spiro atoms. The first-order valence-electron chi connectivity index (χ1n) is 11.3. The molecule has 2 aromatic carbocycles. The van der Waals surface area contributed by atoms with Gasteiger partial charge in [0, 0.05) is 38.9 Å². The number of ether oxygens (including phenoxy) is 2. The van der Waals surface area contributed by atoms with E-state index in [0.29, 0.717) is 19.2 Å². The van der Waals surface area contributed by atoms with E-state index in [4.69, 9.17) is 14.5 Å². The number of benzene rings is 2. The van der Waals surface area contributed by atoms with Crippen LogP contribution in [0.5, 0.6) is 5.75 Å². The summed E-state index contributed by atoms with van der Waals surface area (Å²) >= 11 is 0. The fourth-order valence-corrected chi connectivity index (χ4v) is 3.64. The lowest BCUT2D eigenvalue weighted by Gasteiger charge is -2.31. The van der Waals surface area contributed by atoms with Gasteiger partial charge in [-0.2, -0.15) is 0 Å². The maximum absolute atomic E-state index is 6.02. The van der Waals surface area contributed by atoms with E-state index in [9.17, 15) is 0 Å². The number of hydrogen-bond acceptors (Lipinski definition) is 4. The normalized spacial score (nSPS) is 15.1. The third-order valence-corrected chi connectivity index (χ3v) is 5.49. The lowest BCUT2D eigenvalue weighted by Crippen LogP contribution is -2.38. The van der Waals surface area contributed by atoms with Gasteiger partial charge in [-0.1, -0.05) is 42.5 Å². The van der Waals surface area contributed by atoms with Crippen LogP contribution in [0.3, 0.4) is 0 Å². The van der Waals surface area contributed by atoms with Crippen LogP contribution in [0.25, 0.3) is 0 Å². The fourth-order valence-electron chi connectivity index (χ4n) is 3.64. The summed E-state index contributed by atoms with van der Waals surface area (Å²) in [7, 11) is 2.18. The van der Waals surface area contributed by atoms with E-state index >= 15 is 0 Å². The predicted molar refractivity (Wildman–Crippen MR) is 127 cm³/mol. The van der Waals surface area contributed by atoms with Crippen molar-refractivity contribution in [3.8, 4) is 5.75 Å². The summed E-state index contributed by atoms with van der Waals surface area (Å²) in [6.07, 6.45) is 2.22. The highest BCUT2D eigenvalue weighted by molar-refractivity contribution is 5.79. The van der Waals surface area contributed by atoms with Crippen LogP contribution in [-0.2, 0) is 17.8 Å². The van der Waals surface area contributed by atoms with Crippen LogP contribution in [0.2, 0.25) is 0 Å². The number of likely N-dealkylation sites (N-methyl/N-ethyl adjacent to an activating group) is 1. The van der Waals surface area contributed by atoms with Crippen LogP contribution in [0.15, 0.2) is 59.6 Å². The zero-order valence-corrected chi connectivity index (χ0v) is 18.8. The smallest absolute Gasteiger partial charge is 0.191 e. The topological polar surface area (TPSA) is 58.1 Å². The van der Waals surface area contributed by atoms with Gasteiger partial charge >= 0.3 is 0 Å². The summed E-state index contributed by atoms with van der Waals surface area (Å²) in [6, 6.07) is 19.2. The van der Waals surface area contributed by atoms with Crippen LogP contribution in [-0.4, -0.2) is 56.9 Å². The Morgan fingerprint density at radius 1 is 1.06 bits per heavy atom. The molecule has 6 nitrogen and oxygen atoms in total. The molecule has 2 N–H and O–H groups in total. The zero-order valence-electron chi connectivity index (χ0n) is 18.8.